The molecule has 0 radical (unpaired) electrons. The van der Waals surface area contributed by atoms with E-state index in [2.05, 4.69) is 10.7 Å². The number of anilines is 2. The van der Waals surface area contributed by atoms with Gasteiger partial charge in [0.25, 0.3) is 0 Å². The van der Waals surface area contributed by atoms with Gasteiger partial charge in [0, 0.05) is 10.7 Å². The van der Waals surface area contributed by atoms with Crippen molar-refractivity contribution in [2.45, 2.75) is 12.5 Å². The van der Waals surface area contributed by atoms with E-state index in [9.17, 15) is 13.2 Å². The van der Waals surface area contributed by atoms with E-state index in [1.165, 1.54) is 0 Å². The molecule has 1 aliphatic rings. The molecular formula is C17H18ClN3O3S. The average molecular weight is 380 g/mol. The van der Waals surface area contributed by atoms with E-state index in [1.807, 2.05) is 30.3 Å². The van der Waals surface area contributed by atoms with E-state index >= 15 is 0 Å². The fourth-order valence-corrected chi connectivity index (χ4v) is 4.66. The van der Waals surface area contributed by atoms with Crippen LogP contribution >= 0.6 is 11.6 Å². The van der Waals surface area contributed by atoms with Crippen LogP contribution < -0.4 is 15.8 Å². The van der Waals surface area contributed by atoms with Gasteiger partial charge in [0.2, 0.25) is 0 Å². The second kappa shape index (κ2) is 7.33. The van der Waals surface area contributed by atoms with Gasteiger partial charge in [-0.25, -0.2) is 18.6 Å². The van der Waals surface area contributed by atoms with Crippen LogP contribution in [0.5, 0.6) is 0 Å². The zero-order valence-electron chi connectivity index (χ0n) is 13.4. The van der Waals surface area contributed by atoms with Gasteiger partial charge in [0.15, 0.2) is 9.84 Å². The van der Waals surface area contributed by atoms with Crippen LogP contribution in [-0.2, 0) is 9.84 Å². The highest BCUT2D eigenvalue weighted by molar-refractivity contribution is 7.91. The highest BCUT2D eigenvalue weighted by atomic mass is 35.5. The lowest BCUT2D eigenvalue weighted by Crippen LogP contribution is -2.51. The summed E-state index contributed by atoms with van der Waals surface area (Å²) >= 11 is 5.92. The Labute approximate surface area is 151 Å². The highest BCUT2D eigenvalue weighted by Crippen LogP contribution is 2.23. The molecule has 1 heterocycles. The summed E-state index contributed by atoms with van der Waals surface area (Å²) in [4.78, 5) is 12.4. The number of nitrogens with one attached hydrogen (secondary N) is 2. The van der Waals surface area contributed by atoms with Gasteiger partial charge >= 0.3 is 6.03 Å². The monoisotopic (exact) mass is 379 g/mol. The quantitative estimate of drug-likeness (QED) is 0.800. The molecular weight excluding hydrogens is 362 g/mol. The summed E-state index contributed by atoms with van der Waals surface area (Å²) in [5.41, 5.74) is 4.04. The van der Waals surface area contributed by atoms with E-state index in [4.69, 9.17) is 11.6 Å². The van der Waals surface area contributed by atoms with E-state index in [0.29, 0.717) is 17.1 Å². The third-order valence-electron chi connectivity index (χ3n) is 3.91. The molecule has 8 heteroatoms. The van der Waals surface area contributed by atoms with Crippen molar-refractivity contribution in [3.63, 3.8) is 0 Å². The minimum absolute atomic E-state index is 0.0132. The molecule has 1 saturated heterocycles. The minimum atomic E-state index is -3.08. The van der Waals surface area contributed by atoms with Gasteiger partial charge in [-0.3, -0.25) is 5.01 Å². The van der Waals surface area contributed by atoms with Crippen molar-refractivity contribution in [2.75, 3.05) is 21.8 Å². The number of hydrogen-bond donors (Lipinski definition) is 2. The number of halogens is 1. The standard InChI is InChI=1S/C17H18ClN3O3S/c18-13-5-4-6-14(11-13)19-17(22)20-21(15-7-2-1-3-8-15)16-9-10-25(23,24)12-16/h1-8,11,16H,9-10,12H2,(H2,19,20,22)/t16-/m0/s1. The second-order valence-electron chi connectivity index (χ2n) is 5.84. The summed E-state index contributed by atoms with van der Waals surface area (Å²) in [6, 6.07) is 15.2. The van der Waals surface area contributed by atoms with Crippen molar-refractivity contribution in [1.82, 2.24) is 5.43 Å². The smallest absolute Gasteiger partial charge is 0.307 e. The van der Waals surface area contributed by atoms with E-state index in [1.54, 1.807) is 29.3 Å². The second-order valence-corrected chi connectivity index (χ2v) is 8.50. The molecule has 2 aromatic carbocycles. The van der Waals surface area contributed by atoms with E-state index < -0.39 is 15.9 Å². The largest absolute Gasteiger partial charge is 0.338 e. The Morgan fingerprint density at radius 1 is 1.12 bits per heavy atom. The topological polar surface area (TPSA) is 78.5 Å². The number of urea groups is 1. The van der Waals surface area contributed by atoms with Crippen LogP contribution in [0.25, 0.3) is 0 Å². The molecule has 2 N–H and O–H groups in total. The minimum Gasteiger partial charge on any atom is -0.307 e. The van der Waals surface area contributed by atoms with Crippen LogP contribution in [-0.4, -0.2) is 32.0 Å². The van der Waals surface area contributed by atoms with Crippen molar-refractivity contribution in [2.24, 2.45) is 0 Å². The molecule has 3 rings (SSSR count). The number of para-hydroxylation sites is 1. The van der Waals surface area contributed by atoms with Crippen LogP contribution in [0.3, 0.4) is 0 Å². The maximum absolute atomic E-state index is 12.4. The highest BCUT2D eigenvalue weighted by Gasteiger charge is 2.33. The van der Waals surface area contributed by atoms with Gasteiger partial charge in [0.1, 0.15) is 0 Å². The van der Waals surface area contributed by atoms with Crippen molar-refractivity contribution >= 4 is 38.8 Å². The van der Waals surface area contributed by atoms with Crippen LogP contribution in [0.15, 0.2) is 54.6 Å². The van der Waals surface area contributed by atoms with Crippen molar-refractivity contribution in [3.8, 4) is 0 Å². The van der Waals surface area contributed by atoms with Gasteiger partial charge in [-0.15, -0.1) is 0 Å². The lowest BCUT2D eigenvalue weighted by atomic mass is 10.2. The molecule has 1 fully saturated rings. The number of rotatable bonds is 4. The van der Waals surface area contributed by atoms with Gasteiger partial charge in [-0.2, -0.15) is 0 Å². The summed E-state index contributed by atoms with van der Waals surface area (Å²) in [6.45, 7) is 0. The first-order valence-corrected chi connectivity index (χ1v) is 10.0. The van der Waals surface area contributed by atoms with Gasteiger partial charge in [0.05, 0.1) is 23.2 Å². The van der Waals surface area contributed by atoms with Crippen LogP contribution in [0.4, 0.5) is 16.2 Å². The lowest BCUT2D eigenvalue weighted by Gasteiger charge is -2.30. The van der Waals surface area contributed by atoms with Gasteiger partial charge in [-0.05, 0) is 36.8 Å². The zero-order valence-corrected chi connectivity index (χ0v) is 14.9. The first-order chi connectivity index (χ1) is 11.9. The number of hydrazine groups is 1. The van der Waals surface area contributed by atoms with E-state index in [0.717, 1.165) is 5.69 Å². The molecule has 0 aromatic heterocycles. The van der Waals surface area contributed by atoms with Crippen LogP contribution in [0.2, 0.25) is 5.02 Å². The molecule has 0 unspecified atom stereocenters. The molecule has 0 spiro atoms. The fourth-order valence-electron chi connectivity index (χ4n) is 2.77. The third kappa shape index (κ3) is 4.64. The maximum atomic E-state index is 12.4. The number of benzene rings is 2. The Bertz CT molecular complexity index is 858. The molecule has 132 valence electrons. The molecule has 25 heavy (non-hydrogen) atoms. The summed E-state index contributed by atoms with van der Waals surface area (Å²) in [7, 11) is -3.08. The predicted octanol–water partition coefficient (Wildman–Crippen LogP) is 3.07. The molecule has 2 amide bonds. The number of amides is 2. The van der Waals surface area contributed by atoms with Gasteiger partial charge in [-0.1, -0.05) is 35.9 Å². The Kier molecular flexibility index (Phi) is 5.15. The van der Waals surface area contributed by atoms with Crippen molar-refractivity contribution in [3.05, 3.63) is 59.6 Å². The average Bonchev–Trinajstić information content (AvgIpc) is 2.93. The molecule has 6 nitrogen and oxygen atoms in total. The molecule has 0 saturated carbocycles. The first-order valence-electron chi connectivity index (χ1n) is 7.81. The SMILES string of the molecule is O=C(Nc1cccc(Cl)c1)NN(c1ccccc1)[C@H]1CCS(=O)(=O)C1. The van der Waals surface area contributed by atoms with E-state index in [-0.39, 0.29) is 17.5 Å². The summed E-state index contributed by atoms with van der Waals surface area (Å²) in [5.74, 6) is 0.137. The molecule has 1 aliphatic heterocycles. The Hall–Kier alpha value is -2.25. The van der Waals surface area contributed by atoms with Gasteiger partial charge < -0.3 is 5.32 Å². The molecule has 2 aromatic rings. The van der Waals surface area contributed by atoms with Crippen LogP contribution in [0, 0.1) is 0 Å². The van der Waals surface area contributed by atoms with Crippen molar-refractivity contribution < 1.29 is 13.2 Å². The summed E-state index contributed by atoms with van der Waals surface area (Å²) in [6.07, 6.45) is 0.467. The predicted molar refractivity (Wildman–Crippen MR) is 99.6 cm³/mol. The summed E-state index contributed by atoms with van der Waals surface area (Å²) in [5, 5.41) is 4.83. The molecule has 0 bridgehead atoms. The number of sulfone groups is 1. The first kappa shape index (κ1) is 17.6. The molecule has 1 atom stereocenters. The summed E-state index contributed by atoms with van der Waals surface area (Å²) < 4.78 is 23.6. The Morgan fingerprint density at radius 3 is 2.52 bits per heavy atom. The number of nitrogens with zero attached hydrogens (tertiary/aromatic N) is 1. The number of carbonyl (C=O) groups excluding carboxylic acids is 1. The number of carbonyl (C=O) groups is 1. The zero-order chi connectivity index (χ0) is 17.9. The lowest BCUT2D eigenvalue weighted by molar-refractivity contribution is 0.250. The molecule has 0 aliphatic carbocycles. The maximum Gasteiger partial charge on any atom is 0.338 e. The van der Waals surface area contributed by atoms with Crippen LogP contribution in [0.1, 0.15) is 6.42 Å². The van der Waals surface area contributed by atoms with Crippen molar-refractivity contribution in [1.29, 1.82) is 0 Å². The normalized spacial score (nSPS) is 18.5. The Balaban J connectivity index is 1.77. The third-order valence-corrected chi connectivity index (χ3v) is 5.90. The number of hydrogen-bond acceptors (Lipinski definition) is 4. The fraction of sp³-hybridized carbons (Fsp3) is 0.235. The Morgan fingerprint density at radius 2 is 1.88 bits per heavy atom.